The van der Waals surface area contributed by atoms with E-state index < -0.39 is 0 Å². The summed E-state index contributed by atoms with van der Waals surface area (Å²) in [6, 6.07) is 0.462. The third kappa shape index (κ3) is 2.92. The number of nitrogens with zero attached hydrogens (tertiary/aromatic N) is 1. The zero-order chi connectivity index (χ0) is 11.4. The maximum Gasteiger partial charge on any atom is 0.235 e. The molecule has 0 radical (unpaired) electrons. The van der Waals surface area contributed by atoms with Gasteiger partial charge < -0.3 is 10.2 Å². The lowest BCUT2D eigenvalue weighted by molar-refractivity contribution is -0.131. The van der Waals surface area contributed by atoms with Crippen LogP contribution in [0, 0.1) is 0 Å². The molecule has 2 rings (SSSR count). The van der Waals surface area contributed by atoms with Gasteiger partial charge in [0.05, 0.1) is 5.25 Å². The van der Waals surface area contributed by atoms with Gasteiger partial charge in [0.15, 0.2) is 0 Å². The lowest BCUT2D eigenvalue weighted by Gasteiger charge is -2.29. The molecule has 2 atom stereocenters. The van der Waals surface area contributed by atoms with Gasteiger partial charge in [-0.25, -0.2) is 0 Å². The van der Waals surface area contributed by atoms with Crippen molar-refractivity contribution in [3.05, 3.63) is 0 Å². The van der Waals surface area contributed by atoms with E-state index in [1.54, 1.807) is 0 Å². The van der Waals surface area contributed by atoms with Crippen LogP contribution < -0.4 is 5.32 Å². The molecule has 2 heterocycles. The second kappa shape index (κ2) is 5.92. The number of amides is 1. The molecule has 0 aromatic rings. The molecule has 2 aliphatic rings. The SMILES string of the molecule is CN(C(=O)C1CCCS1)C1CCCNCC1. The summed E-state index contributed by atoms with van der Waals surface area (Å²) in [4.78, 5) is 14.3. The van der Waals surface area contributed by atoms with E-state index in [4.69, 9.17) is 0 Å². The second-order valence-corrected chi connectivity index (χ2v) is 6.10. The summed E-state index contributed by atoms with van der Waals surface area (Å²) in [5, 5.41) is 3.65. The van der Waals surface area contributed by atoms with Crippen molar-refractivity contribution < 1.29 is 4.79 Å². The Morgan fingerprint density at radius 1 is 1.25 bits per heavy atom. The molecule has 1 N–H and O–H groups in total. The van der Waals surface area contributed by atoms with Crippen LogP contribution in [0.4, 0.5) is 0 Å². The van der Waals surface area contributed by atoms with E-state index in [1.165, 1.54) is 12.8 Å². The summed E-state index contributed by atoms with van der Waals surface area (Å²) >= 11 is 1.84. The molecule has 0 bridgehead atoms. The highest BCUT2D eigenvalue weighted by Gasteiger charge is 2.29. The standard InChI is InChI=1S/C12H22N2OS/c1-14(10-4-2-7-13-8-6-10)12(15)11-5-3-9-16-11/h10-11,13H,2-9H2,1H3. The third-order valence-corrected chi connectivity index (χ3v) is 5.01. The molecule has 0 aromatic carbocycles. The molecule has 2 saturated heterocycles. The highest BCUT2D eigenvalue weighted by molar-refractivity contribution is 8.00. The zero-order valence-corrected chi connectivity index (χ0v) is 10.9. The van der Waals surface area contributed by atoms with Crippen molar-refractivity contribution in [3.63, 3.8) is 0 Å². The molecule has 0 saturated carbocycles. The van der Waals surface area contributed by atoms with Gasteiger partial charge in [0.25, 0.3) is 0 Å². The Morgan fingerprint density at radius 2 is 2.12 bits per heavy atom. The lowest BCUT2D eigenvalue weighted by Crippen LogP contribution is -2.41. The molecular formula is C12H22N2OS. The normalized spacial score (nSPS) is 31.1. The second-order valence-electron chi connectivity index (χ2n) is 4.79. The summed E-state index contributed by atoms with van der Waals surface area (Å²) < 4.78 is 0. The molecule has 0 spiro atoms. The van der Waals surface area contributed by atoms with Gasteiger partial charge in [-0.1, -0.05) is 0 Å². The Morgan fingerprint density at radius 3 is 2.88 bits per heavy atom. The molecule has 2 fully saturated rings. The highest BCUT2D eigenvalue weighted by Crippen LogP contribution is 2.28. The molecule has 0 aliphatic carbocycles. The first-order valence-corrected chi connectivity index (χ1v) is 7.43. The average Bonchev–Trinajstić information content (AvgIpc) is 2.70. The number of thioether (sulfide) groups is 1. The van der Waals surface area contributed by atoms with Crippen LogP contribution in [0.1, 0.15) is 32.1 Å². The van der Waals surface area contributed by atoms with Crippen molar-refractivity contribution in [3.8, 4) is 0 Å². The number of hydrogen-bond acceptors (Lipinski definition) is 3. The third-order valence-electron chi connectivity index (χ3n) is 3.65. The van der Waals surface area contributed by atoms with Crippen LogP contribution >= 0.6 is 11.8 Å². The predicted octanol–water partition coefficient (Wildman–Crippen LogP) is 1.48. The van der Waals surface area contributed by atoms with Crippen molar-refractivity contribution in [2.75, 3.05) is 25.9 Å². The summed E-state index contributed by atoms with van der Waals surface area (Å²) in [6.07, 6.45) is 5.76. The number of carbonyl (C=O) groups excluding carboxylic acids is 1. The molecular weight excluding hydrogens is 220 g/mol. The number of hydrogen-bond donors (Lipinski definition) is 1. The van der Waals surface area contributed by atoms with Crippen molar-refractivity contribution >= 4 is 17.7 Å². The molecule has 3 nitrogen and oxygen atoms in total. The van der Waals surface area contributed by atoms with Crippen molar-refractivity contribution in [2.45, 2.75) is 43.4 Å². The first kappa shape index (κ1) is 12.2. The summed E-state index contributed by atoms with van der Waals surface area (Å²) in [5.74, 6) is 1.53. The van der Waals surface area contributed by atoms with E-state index in [2.05, 4.69) is 5.32 Å². The van der Waals surface area contributed by atoms with E-state index in [9.17, 15) is 4.79 Å². The van der Waals surface area contributed by atoms with Crippen molar-refractivity contribution in [1.29, 1.82) is 0 Å². The number of rotatable bonds is 2. The van der Waals surface area contributed by atoms with Gasteiger partial charge in [-0.3, -0.25) is 4.79 Å². The van der Waals surface area contributed by atoms with Crippen LogP contribution in [0.15, 0.2) is 0 Å². The first-order valence-electron chi connectivity index (χ1n) is 6.38. The Bertz CT molecular complexity index is 233. The summed E-state index contributed by atoms with van der Waals surface area (Å²) in [6.45, 7) is 2.16. The Kier molecular flexibility index (Phi) is 4.53. The predicted molar refractivity (Wildman–Crippen MR) is 68.8 cm³/mol. The van der Waals surface area contributed by atoms with Gasteiger partial charge in [0.1, 0.15) is 0 Å². The van der Waals surface area contributed by atoms with Gasteiger partial charge in [-0.15, -0.1) is 11.8 Å². The molecule has 2 unspecified atom stereocenters. The maximum atomic E-state index is 12.2. The minimum Gasteiger partial charge on any atom is -0.342 e. The van der Waals surface area contributed by atoms with Crippen LogP contribution in [0.25, 0.3) is 0 Å². The molecule has 4 heteroatoms. The van der Waals surface area contributed by atoms with Gasteiger partial charge >= 0.3 is 0 Å². The van der Waals surface area contributed by atoms with E-state index in [0.29, 0.717) is 11.9 Å². The first-order chi connectivity index (χ1) is 7.79. The fourth-order valence-electron chi connectivity index (χ4n) is 2.57. The molecule has 0 aromatic heterocycles. The Balaban J connectivity index is 1.88. The Hall–Kier alpha value is -0.220. The minimum absolute atomic E-state index is 0.251. The average molecular weight is 242 g/mol. The number of carbonyl (C=O) groups is 1. The lowest BCUT2D eigenvalue weighted by atomic mass is 10.1. The van der Waals surface area contributed by atoms with Gasteiger partial charge in [0.2, 0.25) is 5.91 Å². The van der Waals surface area contributed by atoms with E-state index >= 15 is 0 Å². The quantitative estimate of drug-likeness (QED) is 0.796. The van der Waals surface area contributed by atoms with Crippen LogP contribution in [-0.4, -0.2) is 48.0 Å². The molecule has 2 aliphatic heterocycles. The fraction of sp³-hybridized carbons (Fsp3) is 0.917. The smallest absolute Gasteiger partial charge is 0.235 e. The topological polar surface area (TPSA) is 32.3 Å². The van der Waals surface area contributed by atoms with E-state index in [-0.39, 0.29) is 5.25 Å². The maximum absolute atomic E-state index is 12.2. The summed E-state index contributed by atoms with van der Waals surface area (Å²) in [7, 11) is 2.00. The largest absolute Gasteiger partial charge is 0.342 e. The highest BCUT2D eigenvalue weighted by atomic mass is 32.2. The van der Waals surface area contributed by atoms with Gasteiger partial charge in [-0.05, 0) is 50.9 Å². The monoisotopic (exact) mass is 242 g/mol. The van der Waals surface area contributed by atoms with E-state index in [0.717, 1.165) is 38.1 Å². The molecule has 92 valence electrons. The zero-order valence-electron chi connectivity index (χ0n) is 10.1. The Labute approximate surface area is 102 Å². The summed E-state index contributed by atoms with van der Waals surface area (Å²) in [5.41, 5.74) is 0. The van der Waals surface area contributed by atoms with Gasteiger partial charge in [0, 0.05) is 13.1 Å². The molecule has 16 heavy (non-hydrogen) atoms. The van der Waals surface area contributed by atoms with Crippen LogP contribution in [0.5, 0.6) is 0 Å². The molecule has 1 amide bonds. The van der Waals surface area contributed by atoms with Crippen LogP contribution in [-0.2, 0) is 4.79 Å². The van der Waals surface area contributed by atoms with Crippen LogP contribution in [0.2, 0.25) is 0 Å². The van der Waals surface area contributed by atoms with Crippen LogP contribution in [0.3, 0.4) is 0 Å². The van der Waals surface area contributed by atoms with Gasteiger partial charge in [-0.2, -0.15) is 0 Å². The van der Waals surface area contributed by atoms with Crippen molar-refractivity contribution in [1.82, 2.24) is 10.2 Å². The van der Waals surface area contributed by atoms with E-state index in [1.807, 2.05) is 23.7 Å². The fourth-order valence-corrected chi connectivity index (χ4v) is 3.83. The number of nitrogens with one attached hydrogen (secondary N) is 1. The minimum atomic E-state index is 0.251. The van der Waals surface area contributed by atoms with Crippen molar-refractivity contribution in [2.24, 2.45) is 0 Å².